The monoisotopic (exact) mass is 352 g/mol. The Hall–Kier alpha value is -1.83. The number of aliphatic hydroxyl groups is 1. The Morgan fingerprint density at radius 3 is 2.15 bits per heavy atom. The van der Waals surface area contributed by atoms with Crippen LogP contribution in [-0.4, -0.2) is 10.9 Å². The van der Waals surface area contributed by atoms with Crippen molar-refractivity contribution in [2.75, 3.05) is 0 Å². The Labute approximate surface area is 158 Å². The van der Waals surface area contributed by atoms with Crippen LogP contribution in [0.4, 0.5) is 0 Å². The summed E-state index contributed by atoms with van der Waals surface area (Å²) < 4.78 is 0. The van der Waals surface area contributed by atoms with E-state index in [0.29, 0.717) is 17.3 Å². The molecule has 0 heterocycles. The van der Waals surface area contributed by atoms with Gasteiger partial charge in [-0.3, -0.25) is 4.79 Å². The number of aryl methyl sites for hydroxylation is 3. The lowest BCUT2D eigenvalue weighted by atomic mass is 9.66. The highest BCUT2D eigenvalue weighted by atomic mass is 16.3. The number of rotatable bonds is 4. The first-order valence-electron chi connectivity index (χ1n) is 10.1. The van der Waals surface area contributed by atoms with E-state index in [1.807, 2.05) is 6.92 Å². The molecule has 3 atom stereocenters. The number of benzene rings is 1. The van der Waals surface area contributed by atoms with Crippen molar-refractivity contribution in [2.24, 2.45) is 17.8 Å². The average molecular weight is 353 g/mol. The molecule has 0 bridgehead atoms. The van der Waals surface area contributed by atoms with E-state index in [9.17, 15) is 9.90 Å². The number of ketones is 1. The summed E-state index contributed by atoms with van der Waals surface area (Å²) >= 11 is 0. The molecule has 1 N–H and O–H groups in total. The fourth-order valence-corrected chi connectivity index (χ4v) is 4.99. The van der Waals surface area contributed by atoms with Gasteiger partial charge >= 0.3 is 0 Å². The molecule has 2 aliphatic carbocycles. The molecule has 3 rings (SSSR count). The first kappa shape index (κ1) is 18.9. The molecule has 140 valence electrons. The smallest absolute Gasteiger partial charge is 0.171 e. The van der Waals surface area contributed by atoms with E-state index in [-0.39, 0.29) is 17.6 Å². The molecule has 26 heavy (non-hydrogen) atoms. The van der Waals surface area contributed by atoms with E-state index in [4.69, 9.17) is 0 Å². The number of carbonyl (C=O) groups is 1. The van der Waals surface area contributed by atoms with E-state index in [1.54, 1.807) is 0 Å². The predicted molar refractivity (Wildman–Crippen MR) is 108 cm³/mol. The van der Waals surface area contributed by atoms with Crippen molar-refractivity contribution >= 4 is 11.4 Å². The Morgan fingerprint density at radius 1 is 1.15 bits per heavy atom. The highest BCUT2D eigenvalue weighted by Gasteiger charge is 2.48. The summed E-state index contributed by atoms with van der Waals surface area (Å²) in [6.07, 6.45) is 3.91. The van der Waals surface area contributed by atoms with E-state index >= 15 is 0 Å². The zero-order chi connectivity index (χ0) is 19.2. The highest BCUT2D eigenvalue weighted by Crippen LogP contribution is 2.51. The Kier molecular flexibility index (Phi) is 5.14. The third-order valence-corrected chi connectivity index (χ3v) is 6.48. The molecule has 0 aromatic heterocycles. The molecule has 0 amide bonds. The number of allylic oxidation sites excluding steroid dienone is 4. The number of hydrogen-bond acceptors (Lipinski definition) is 2. The topological polar surface area (TPSA) is 37.3 Å². The van der Waals surface area contributed by atoms with Crippen molar-refractivity contribution in [1.82, 2.24) is 0 Å². The average Bonchev–Trinajstić information content (AvgIpc) is 2.76. The van der Waals surface area contributed by atoms with Crippen LogP contribution in [0.5, 0.6) is 0 Å². The van der Waals surface area contributed by atoms with Crippen LogP contribution >= 0.6 is 0 Å². The van der Waals surface area contributed by atoms with Gasteiger partial charge in [0.15, 0.2) is 5.78 Å². The van der Waals surface area contributed by atoms with Crippen LogP contribution in [-0.2, 0) is 17.6 Å². The quantitative estimate of drug-likeness (QED) is 0.678. The Balaban J connectivity index is 2.10. The third-order valence-electron chi connectivity index (χ3n) is 6.48. The van der Waals surface area contributed by atoms with E-state index < -0.39 is 0 Å². The van der Waals surface area contributed by atoms with Crippen molar-refractivity contribution in [1.29, 1.82) is 0 Å². The normalized spacial score (nSPS) is 25.7. The number of aliphatic hydroxyl groups excluding tert-OH is 1. The summed E-state index contributed by atoms with van der Waals surface area (Å²) in [5, 5.41) is 11.0. The Morgan fingerprint density at radius 2 is 1.73 bits per heavy atom. The zero-order valence-electron chi connectivity index (χ0n) is 17.1. The predicted octanol–water partition coefficient (Wildman–Crippen LogP) is 5.97. The van der Waals surface area contributed by atoms with Gasteiger partial charge in [0.1, 0.15) is 5.76 Å². The summed E-state index contributed by atoms with van der Waals surface area (Å²) in [5.41, 5.74) is 7.98. The molecular weight excluding hydrogens is 320 g/mol. The zero-order valence-corrected chi connectivity index (χ0v) is 17.1. The summed E-state index contributed by atoms with van der Waals surface area (Å²) in [4.78, 5) is 13.5. The highest BCUT2D eigenvalue weighted by molar-refractivity contribution is 6.25. The van der Waals surface area contributed by atoms with Crippen LogP contribution in [0.2, 0.25) is 0 Å². The van der Waals surface area contributed by atoms with Crippen LogP contribution in [0.15, 0.2) is 29.0 Å². The molecule has 2 aliphatic rings. The standard InChI is InChI=1S/C24H32O2/c1-7-16-11-14(5)12-17(8-2)21(16)22-23(25)15(6)20(24(22)26)19-10-9-18(19)13(3)4/h11-12,15,19-20,25H,7-10H2,1-6H3/t15-,19-,20-/m0/s1. The second kappa shape index (κ2) is 7.06. The lowest BCUT2D eigenvalue weighted by Crippen LogP contribution is -2.33. The second-order valence-electron chi connectivity index (χ2n) is 8.27. The Bertz CT molecular complexity index is 780. The number of Topliss-reactive ketones (excluding diaryl/α,β-unsaturated/α-hetero) is 1. The van der Waals surface area contributed by atoms with Gasteiger partial charge in [-0.2, -0.15) is 0 Å². The summed E-state index contributed by atoms with van der Waals surface area (Å²) in [6, 6.07) is 4.34. The molecule has 0 spiro atoms. The molecule has 1 saturated carbocycles. The summed E-state index contributed by atoms with van der Waals surface area (Å²) in [6.45, 7) is 12.7. The molecule has 2 heteroatoms. The van der Waals surface area contributed by atoms with E-state index in [2.05, 4.69) is 46.8 Å². The van der Waals surface area contributed by atoms with Crippen LogP contribution in [0.25, 0.3) is 5.57 Å². The van der Waals surface area contributed by atoms with Crippen molar-refractivity contribution in [3.8, 4) is 0 Å². The minimum atomic E-state index is -0.0978. The molecule has 0 aliphatic heterocycles. The molecule has 2 nitrogen and oxygen atoms in total. The van der Waals surface area contributed by atoms with Crippen molar-refractivity contribution in [2.45, 2.75) is 67.2 Å². The van der Waals surface area contributed by atoms with Crippen molar-refractivity contribution < 1.29 is 9.90 Å². The van der Waals surface area contributed by atoms with Gasteiger partial charge in [-0.15, -0.1) is 0 Å². The minimum absolute atomic E-state index is 0.0899. The van der Waals surface area contributed by atoms with Gasteiger partial charge in [-0.25, -0.2) is 0 Å². The number of carbonyl (C=O) groups excluding carboxylic acids is 1. The second-order valence-corrected chi connectivity index (χ2v) is 8.27. The van der Waals surface area contributed by atoms with Crippen LogP contribution in [0.3, 0.4) is 0 Å². The van der Waals surface area contributed by atoms with Gasteiger partial charge in [-0.1, -0.05) is 49.6 Å². The van der Waals surface area contributed by atoms with E-state index in [1.165, 1.54) is 27.8 Å². The SMILES string of the molecule is CCc1cc(C)cc(CC)c1C1=C(O)[C@@H](C)[C@@H]([C@H]2CCC2=C(C)C)C1=O. The van der Waals surface area contributed by atoms with Crippen molar-refractivity contribution in [3.63, 3.8) is 0 Å². The molecule has 0 unspecified atom stereocenters. The summed E-state index contributed by atoms with van der Waals surface area (Å²) in [7, 11) is 0. The lowest BCUT2D eigenvalue weighted by molar-refractivity contribution is -0.119. The van der Waals surface area contributed by atoms with Crippen molar-refractivity contribution in [3.05, 3.63) is 51.3 Å². The van der Waals surface area contributed by atoms with Crippen LogP contribution < -0.4 is 0 Å². The summed E-state index contributed by atoms with van der Waals surface area (Å²) in [5.74, 6) is 0.593. The molecule has 0 radical (unpaired) electrons. The van der Waals surface area contributed by atoms with Gasteiger partial charge in [0, 0.05) is 11.8 Å². The number of hydrogen-bond donors (Lipinski definition) is 1. The van der Waals surface area contributed by atoms with Crippen LogP contribution in [0, 0.1) is 24.7 Å². The van der Waals surface area contributed by atoms with Gasteiger partial charge < -0.3 is 5.11 Å². The first-order chi connectivity index (χ1) is 12.3. The largest absolute Gasteiger partial charge is 0.511 e. The third kappa shape index (κ3) is 2.84. The maximum atomic E-state index is 13.5. The molecule has 0 saturated heterocycles. The first-order valence-corrected chi connectivity index (χ1v) is 10.1. The maximum Gasteiger partial charge on any atom is 0.171 e. The lowest BCUT2D eigenvalue weighted by Gasteiger charge is -2.37. The molecule has 1 fully saturated rings. The maximum absolute atomic E-state index is 13.5. The molecular formula is C24H32O2. The van der Waals surface area contributed by atoms with E-state index in [0.717, 1.165) is 31.2 Å². The minimum Gasteiger partial charge on any atom is -0.511 e. The van der Waals surface area contributed by atoms with Gasteiger partial charge in [-0.05, 0) is 69.1 Å². The fraction of sp³-hybridized carbons (Fsp3) is 0.542. The molecule has 1 aromatic carbocycles. The van der Waals surface area contributed by atoms with Gasteiger partial charge in [0.05, 0.1) is 5.57 Å². The molecule has 1 aromatic rings. The van der Waals surface area contributed by atoms with Gasteiger partial charge in [0.25, 0.3) is 0 Å². The van der Waals surface area contributed by atoms with Gasteiger partial charge in [0.2, 0.25) is 0 Å². The fourth-order valence-electron chi connectivity index (χ4n) is 4.99. The van der Waals surface area contributed by atoms with Crippen LogP contribution in [0.1, 0.15) is 69.7 Å².